The zero-order valence-electron chi connectivity index (χ0n) is 12.9. The summed E-state index contributed by atoms with van der Waals surface area (Å²) in [5, 5.41) is 10.2. The molecule has 1 N–H and O–H groups in total. The maximum Gasteiger partial charge on any atom is 0.0802 e. The second-order valence-corrected chi connectivity index (χ2v) is 5.46. The molecule has 3 nitrogen and oxygen atoms in total. The standard InChI is InChI=1S/C18H24N2O/c1-3-15-9-10-17(19-13-15)14-20(2)12-11-18(21)16-7-5-4-6-8-16/h4-10,13,18,21H,3,11-12,14H2,1-2H3/t18-/m1/s1. The minimum absolute atomic E-state index is 0.399. The third kappa shape index (κ3) is 4.96. The van der Waals surface area contributed by atoms with Crippen molar-refractivity contribution in [2.24, 2.45) is 0 Å². The van der Waals surface area contributed by atoms with Gasteiger partial charge in [-0.05, 0) is 37.1 Å². The lowest BCUT2D eigenvalue weighted by Crippen LogP contribution is -2.21. The van der Waals surface area contributed by atoms with Crippen LogP contribution in [0.5, 0.6) is 0 Å². The Labute approximate surface area is 127 Å². The minimum atomic E-state index is -0.399. The van der Waals surface area contributed by atoms with E-state index in [2.05, 4.69) is 36.0 Å². The predicted octanol–water partition coefficient (Wildman–Crippen LogP) is 3.20. The minimum Gasteiger partial charge on any atom is -0.388 e. The maximum atomic E-state index is 10.2. The molecule has 0 aliphatic carbocycles. The molecule has 0 saturated heterocycles. The zero-order valence-corrected chi connectivity index (χ0v) is 12.9. The van der Waals surface area contributed by atoms with E-state index in [9.17, 15) is 5.11 Å². The molecule has 2 rings (SSSR count). The van der Waals surface area contributed by atoms with Crippen LogP contribution in [0.15, 0.2) is 48.7 Å². The number of pyridine rings is 1. The monoisotopic (exact) mass is 284 g/mol. The third-order valence-corrected chi connectivity index (χ3v) is 3.69. The topological polar surface area (TPSA) is 36.4 Å². The average molecular weight is 284 g/mol. The van der Waals surface area contributed by atoms with Gasteiger partial charge in [0.25, 0.3) is 0 Å². The first-order valence-corrected chi connectivity index (χ1v) is 7.54. The highest BCUT2D eigenvalue weighted by molar-refractivity contribution is 5.17. The van der Waals surface area contributed by atoms with Gasteiger partial charge >= 0.3 is 0 Å². The number of aliphatic hydroxyl groups excluding tert-OH is 1. The fourth-order valence-electron chi connectivity index (χ4n) is 2.30. The summed E-state index contributed by atoms with van der Waals surface area (Å²) in [6.07, 6.45) is 3.30. The highest BCUT2D eigenvalue weighted by Crippen LogP contribution is 2.16. The van der Waals surface area contributed by atoms with E-state index in [1.54, 1.807) is 0 Å². The molecule has 0 fully saturated rings. The van der Waals surface area contributed by atoms with Crippen LogP contribution in [0.25, 0.3) is 0 Å². The molecule has 1 aromatic carbocycles. The number of aliphatic hydroxyl groups is 1. The van der Waals surface area contributed by atoms with Crippen molar-refractivity contribution >= 4 is 0 Å². The van der Waals surface area contributed by atoms with Gasteiger partial charge in [0.2, 0.25) is 0 Å². The molecule has 0 aliphatic heterocycles. The van der Waals surface area contributed by atoms with E-state index >= 15 is 0 Å². The first-order chi connectivity index (χ1) is 10.2. The van der Waals surface area contributed by atoms with Crippen molar-refractivity contribution in [3.05, 3.63) is 65.5 Å². The van der Waals surface area contributed by atoms with E-state index in [1.165, 1.54) is 5.56 Å². The summed E-state index contributed by atoms with van der Waals surface area (Å²) in [5.41, 5.74) is 3.32. The largest absolute Gasteiger partial charge is 0.388 e. The molecule has 3 heteroatoms. The summed E-state index contributed by atoms with van der Waals surface area (Å²) < 4.78 is 0. The molecular weight excluding hydrogens is 260 g/mol. The molecule has 0 aliphatic rings. The molecule has 1 aromatic heterocycles. The van der Waals surface area contributed by atoms with Crippen LogP contribution in [-0.2, 0) is 13.0 Å². The predicted molar refractivity (Wildman–Crippen MR) is 86.0 cm³/mol. The molecule has 0 amide bonds. The highest BCUT2D eigenvalue weighted by atomic mass is 16.3. The second kappa shape index (κ2) is 7.91. The van der Waals surface area contributed by atoms with Crippen LogP contribution >= 0.6 is 0 Å². The molecule has 0 radical (unpaired) electrons. The molecular formula is C18H24N2O. The molecule has 21 heavy (non-hydrogen) atoms. The van der Waals surface area contributed by atoms with Gasteiger partial charge < -0.3 is 10.0 Å². The summed E-state index contributed by atoms with van der Waals surface area (Å²) in [5.74, 6) is 0. The first kappa shape index (κ1) is 15.7. The van der Waals surface area contributed by atoms with Crippen LogP contribution in [-0.4, -0.2) is 28.6 Å². The normalized spacial score (nSPS) is 12.6. The SMILES string of the molecule is CCc1ccc(CN(C)CC[C@@H](O)c2ccccc2)nc1. The number of nitrogens with zero attached hydrogens (tertiary/aromatic N) is 2. The van der Waals surface area contributed by atoms with Gasteiger partial charge in [-0.3, -0.25) is 4.98 Å². The van der Waals surface area contributed by atoms with E-state index in [0.717, 1.165) is 37.2 Å². The van der Waals surface area contributed by atoms with Crippen LogP contribution < -0.4 is 0 Å². The zero-order chi connectivity index (χ0) is 15.1. The van der Waals surface area contributed by atoms with E-state index in [-0.39, 0.29) is 0 Å². The molecule has 0 saturated carbocycles. The molecule has 0 unspecified atom stereocenters. The van der Waals surface area contributed by atoms with Crippen LogP contribution in [0.1, 0.15) is 36.3 Å². The van der Waals surface area contributed by atoms with Gasteiger partial charge in [0.1, 0.15) is 0 Å². The quantitative estimate of drug-likeness (QED) is 0.848. The van der Waals surface area contributed by atoms with Gasteiger partial charge in [-0.1, -0.05) is 43.3 Å². The average Bonchev–Trinajstić information content (AvgIpc) is 2.54. The Kier molecular flexibility index (Phi) is 5.90. The number of aromatic nitrogens is 1. The van der Waals surface area contributed by atoms with E-state index in [1.807, 2.05) is 36.5 Å². The van der Waals surface area contributed by atoms with Gasteiger partial charge in [0.15, 0.2) is 0 Å². The van der Waals surface area contributed by atoms with Crippen molar-refractivity contribution in [3.63, 3.8) is 0 Å². The van der Waals surface area contributed by atoms with E-state index in [0.29, 0.717) is 0 Å². The highest BCUT2D eigenvalue weighted by Gasteiger charge is 2.09. The molecule has 0 spiro atoms. The van der Waals surface area contributed by atoms with Crippen molar-refractivity contribution < 1.29 is 5.11 Å². The van der Waals surface area contributed by atoms with Gasteiger partial charge in [-0.25, -0.2) is 0 Å². The Morgan fingerprint density at radius 2 is 1.90 bits per heavy atom. The van der Waals surface area contributed by atoms with Gasteiger partial charge in [0, 0.05) is 19.3 Å². The number of rotatable bonds is 7. The molecule has 1 heterocycles. The van der Waals surface area contributed by atoms with Crippen molar-refractivity contribution in [1.29, 1.82) is 0 Å². The van der Waals surface area contributed by atoms with Crippen molar-refractivity contribution in [2.75, 3.05) is 13.6 Å². The number of benzene rings is 1. The van der Waals surface area contributed by atoms with E-state index < -0.39 is 6.10 Å². The van der Waals surface area contributed by atoms with Crippen LogP contribution in [0.2, 0.25) is 0 Å². The second-order valence-electron chi connectivity index (χ2n) is 5.46. The smallest absolute Gasteiger partial charge is 0.0802 e. The van der Waals surface area contributed by atoms with Gasteiger partial charge in [0.05, 0.1) is 11.8 Å². The maximum absolute atomic E-state index is 10.2. The first-order valence-electron chi connectivity index (χ1n) is 7.54. The Bertz CT molecular complexity index is 525. The fourth-order valence-corrected chi connectivity index (χ4v) is 2.30. The molecule has 0 bridgehead atoms. The van der Waals surface area contributed by atoms with Gasteiger partial charge in [-0.15, -0.1) is 0 Å². The number of hydrogen-bond donors (Lipinski definition) is 1. The molecule has 1 atom stereocenters. The molecule has 2 aromatic rings. The summed E-state index contributed by atoms with van der Waals surface area (Å²) in [4.78, 5) is 6.67. The number of hydrogen-bond acceptors (Lipinski definition) is 3. The summed E-state index contributed by atoms with van der Waals surface area (Å²) in [6, 6.07) is 14.0. The van der Waals surface area contributed by atoms with Gasteiger partial charge in [-0.2, -0.15) is 0 Å². The lowest BCUT2D eigenvalue weighted by atomic mass is 10.1. The van der Waals surface area contributed by atoms with Crippen molar-refractivity contribution in [3.8, 4) is 0 Å². The van der Waals surface area contributed by atoms with Crippen LogP contribution in [0, 0.1) is 0 Å². The van der Waals surface area contributed by atoms with Crippen LogP contribution in [0.4, 0.5) is 0 Å². The van der Waals surface area contributed by atoms with Crippen molar-refractivity contribution in [2.45, 2.75) is 32.4 Å². The lowest BCUT2D eigenvalue weighted by molar-refractivity contribution is 0.147. The fraction of sp³-hybridized carbons (Fsp3) is 0.389. The summed E-state index contributed by atoms with van der Waals surface area (Å²) >= 11 is 0. The van der Waals surface area contributed by atoms with Crippen molar-refractivity contribution in [1.82, 2.24) is 9.88 Å². The number of aryl methyl sites for hydroxylation is 1. The summed E-state index contributed by atoms with van der Waals surface area (Å²) in [7, 11) is 2.06. The Morgan fingerprint density at radius 1 is 1.14 bits per heavy atom. The third-order valence-electron chi connectivity index (χ3n) is 3.69. The molecule has 112 valence electrons. The van der Waals surface area contributed by atoms with Crippen LogP contribution in [0.3, 0.4) is 0 Å². The Hall–Kier alpha value is -1.71. The Morgan fingerprint density at radius 3 is 2.52 bits per heavy atom. The lowest BCUT2D eigenvalue weighted by Gasteiger charge is -2.18. The summed E-state index contributed by atoms with van der Waals surface area (Å²) in [6.45, 7) is 3.78. The van der Waals surface area contributed by atoms with E-state index in [4.69, 9.17) is 0 Å². The Balaban J connectivity index is 1.80.